The van der Waals surface area contributed by atoms with Crippen LogP contribution >= 0.6 is 12.2 Å². The molecule has 0 spiro atoms. The quantitative estimate of drug-likeness (QED) is 0.400. The molecule has 3 aromatic carbocycles. The fraction of sp³-hybridized carbons (Fsp3) is 0.160. The molecule has 1 aromatic heterocycles. The molecule has 0 bridgehead atoms. The molecule has 31 heavy (non-hydrogen) atoms. The van der Waals surface area contributed by atoms with E-state index in [1.54, 1.807) is 0 Å². The Kier molecular flexibility index (Phi) is 5.57. The molecule has 1 amide bonds. The molecule has 1 heterocycles. The molecule has 156 valence electrons. The second kappa shape index (κ2) is 8.32. The largest absolute Gasteiger partial charge is 0.436 e. The highest BCUT2D eigenvalue weighted by Crippen LogP contribution is 2.28. The molecule has 0 saturated carbocycles. The Morgan fingerprint density at radius 2 is 1.65 bits per heavy atom. The van der Waals surface area contributed by atoms with Gasteiger partial charge in [0.25, 0.3) is 5.91 Å². The van der Waals surface area contributed by atoms with E-state index < -0.39 is 0 Å². The summed E-state index contributed by atoms with van der Waals surface area (Å²) in [7, 11) is 0. The summed E-state index contributed by atoms with van der Waals surface area (Å²) in [4.78, 5) is 17.2. The number of carbonyl (C=O) groups excluding carboxylic acids is 1. The maximum Gasteiger partial charge on any atom is 0.257 e. The van der Waals surface area contributed by atoms with Crippen molar-refractivity contribution in [2.75, 3.05) is 5.32 Å². The van der Waals surface area contributed by atoms with E-state index in [2.05, 4.69) is 15.6 Å². The minimum Gasteiger partial charge on any atom is -0.436 e. The summed E-state index contributed by atoms with van der Waals surface area (Å²) in [5, 5.41) is 6.11. The summed E-state index contributed by atoms with van der Waals surface area (Å²) in [6.45, 7) is 7.91. The Morgan fingerprint density at radius 3 is 2.39 bits per heavy atom. The number of nitrogens with zero attached hydrogens (tertiary/aromatic N) is 1. The molecular weight excluding hydrogens is 406 g/mol. The lowest BCUT2D eigenvalue weighted by molar-refractivity contribution is 0.0977. The van der Waals surface area contributed by atoms with Gasteiger partial charge in [-0.05, 0) is 87.4 Å². The minimum absolute atomic E-state index is 0.234. The predicted octanol–water partition coefficient (Wildman–Crippen LogP) is 5.86. The third-order valence-corrected chi connectivity index (χ3v) is 5.19. The number of carbonyl (C=O) groups is 1. The van der Waals surface area contributed by atoms with Gasteiger partial charge in [0.2, 0.25) is 5.89 Å². The fourth-order valence-corrected chi connectivity index (χ4v) is 3.68. The van der Waals surface area contributed by atoms with Crippen LogP contribution in [0.15, 0.2) is 59.0 Å². The molecule has 0 aliphatic carbocycles. The van der Waals surface area contributed by atoms with Crippen molar-refractivity contribution in [1.82, 2.24) is 10.3 Å². The van der Waals surface area contributed by atoms with Crippen molar-refractivity contribution in [3.8, 4) is 11.5 Å². The molecule has 0 saturated heterocycles. The van der Waals surface area contributed by atoms with Gasteiger partial charge in [-0.3, -0.25) is 10.1 Å². The SMILES string of the molecule is Cc1cc(C)cc(C(=O)NC(=S)Nc2cc(-c3nc4ccc(C)cc4o3)ccc2C)c1. The van der Waals surface area contributed by atoms with E-state index in [1.807, 2.05) is 82.3 Å². The van der Waals surface area contributed by atoms with Gasteiger partial charge in [0.1, 0.15) is 5.52 Å². The summed E-state index contributed by atoms with van der Waals surface area (Å²) in [6.07, 6.45) is 0. The van der Waals surface area contributed by atoms with Crippen molar-refractivity contribution in [3.63, 3.8) is 0 Å². The van der Waals surface area contributed by atoms with E-state index in [0.29, 0.717) is 11.5 Å². The third-order valence-electron chi connectivity index (χ3n) is 4.99. The number of nitrogens with one attached hydrogen (secondary N) is 2. The number of rotatable bonds is 3. The van der Waals surface area contributed by atoms with Crippen LogP contribution in [0.3, 0.4) is 0 Å². The summed E-state index contributed by atoms with van der Waals surface area (Å²) < 4.78 is 5.94. The summed E-state index contributed by atoms with van der Waals surface area (Å²) in [6, 6.07) is 17.5. The van der Waals surface area contributed by atoms with Crippen molar-refractivity contribution >= 4 is 40.0 Å². The maximum atomic E-state index is 12.6. The molecular formula is C25H23N3O2S. The highest BCUT2D eigenvalue weighted by Gasteiger charge is 2.13. The van der Waals surface area contributed by atoms with Gasteiger partial charge in [0, 0.05) is 16.8 Å². The van der Waals surface area contributed by atoms with E-state index in [9.17, 15) is 4.79 Å². The first-order chi connectivity index (χ1) is 14.8. The van der Waals surface area contributed by atoms with E-state index in [4.69, 9.17) is 16.6 Å². The monoisotopic (exact) mass is 429 g/mol. The van der Waals surface area contributed by atoms with Gasteiger partial charge in [-0.2, -0.15) is 0 Å². The first kappa shape index (κ1) is 20.8. The molecule has 0 radical (unpaired) electrons. The minimum atomic E-state index is -0.243. The summed E-state index contributed by atoms with van der Waals surface area (Å²) in [5.74, 6) is 0.293. The van der Waals surface area contributed by atoms with Crippen LogP contribution in [-0.2, 0) is 0 Å². The standard InChI is InChI=1S/C25H23N3O2S/c1-14-5-8-20-22(12-14)30-24(26-20)18-7-6-17(4)21(13-18)27-25(31)28-23(29)19-10-15(2)9-16(3)11-19/h5-13H,1-4H3,(H2,27,28,29,31). The molecule has 0 fully saturated rings. The average Bonchev–Trinajstić information content (AvgIpc) is 3.12. The van der Waals surface area contributed by atoms with Gasteiger partial charge < -0.3 is 9.73 Å². The second-order valence-electron chi connectivity index (χ2n) is 7.80. The summed E-state index contributed by atoms with van der Waals surface area (Å²) in [5.41, 5.74) is 7.90. The van der Waals surface area contributed by atoms with Crippen LogP contribution in [0, 0.1) is 27.7 Å². The molecule has 0 aliphatic heterocycles. The number of fused-ring (bicyclic) bond motifs is 1. The smallest absolute Gasteiger partial charge is 0.257 e. The Labute approximate surface area is 186 Å². The van der Waals surface area contributed by atoms with Crippen LogP contribution in [0.5, 0.6) is 0 Å². The maximum absolute atomic E-state index is 12.6. The molecule has 4 aromatic rings. The first-order valence-corrected chi connectivity index (χ1v) is 10.4. The zero-order valence-corrected chi connectivity index (χ0v) is 18.7. The molecule has 5 nitrogen and oxygen atoms in total. The number of thiocarbonyl (C=S) groups is 1. The van der Waals surface area contributed by atoms with Crippen molar-refractivity contribution in [1.29, 1.82) is 0 Å². The molecule has 0 aliphatic rings. The number of aromatic nitrogens is 1. The molecule has 2 N–H and O–H groups in total. The van der Waals surface area contributed by atoms with Crippen LogP contribution in [0.2, 0.25) is 0 Å². The number of hydrogen-bond acceptors (Lipinski definition) is 4. The van der Waals surface area contributed by atoms with E-state index in [0.717, 1.165) is 44.6 Å². The Bertz CT molecular complexity index is 1300. The van der Waals surface area contributed by atoms with E-state index in [1.165, 1.54) is 0 Å². The van der Waals surface area contributed by atoms with Gasteiger partial charge >= 0.3 is 0 Å². The molecule has 0 atom stereocenters. The van der Waals surface area contributed by atoms with Gasteiger partial charge in [-0.1, -0.05) is 29.3 Å². The zero-order chi connectivity index (χ0) is 22.1. The lowest BCUT2D eigenvalue weighted by Gasteiger charge is -2.13. The van der Waals surface area contributed by atoms with Crippen molar-refractivity contribution in [2.45, 2.75) is 27.7 Å². The number of amides is 1. The van der Waals surface area contributed by atoms with Gasteiger partial charge in [0.15, 0.2) is 10.7 Å². The lowest BCUT2D eigenvalue weighted by atomic mass is 10.1. The second-order valence-corrected chi connectivity index (χ2v) is 8.21. The van der Waals surface area contributed by atoms with Crippen LogP contribution in [-0.4, -0.2) is 16.0 Å². The number of hydrogen-bond donors (Lipinski definition) is 2. The third kappa shape index (κ3) is 4.64. The number of aryl methyl sites for hydroxylation is 4. The van der Waals surface area contributed by atoms with Crippen LogP contribution in [0.4, 0.5) is 5.69 Å². The van der Waals surface area contributed by atoms with Gasteiger partial charge in [0.05, 0.1) is 0 Å². The summed E-state index contributed by atoms with van der Waals surface area (Å²) >= 11 is 5.38. The number of anilines is 1. The Balaban J connectivity index is 1.54. The van der Waals surface area contributed by atoms with Crippen LogP contribution in [0.25, 0.3) is 22.6 Å². The molecule has 4 rings (SSSR count). The molecule has 0 unspecified atom stereocenters. The lowest BCUT2D eigenvalue weighted by Crippen LogP contribution is -2.34. The van der Waals surface area contributed by atoms with Crippen molar-refractivity contribution in [3.05, 3.63) is 82.4 Å². The van der Waals surface area contributed by atoms with Crippen molar-refractivity contribution in [2.24, 2.45) is 0 Å². The number of benzene rings is 3. The zero-order valence-electron chi connectivity index (χ0n) is 17.9. The number of oxazole rings is 1. The topological polar surface area (TPSA) is 67.2 Å². The predicted molar refractivity (Wildman–Crippen MR) is 129 cm³/mol. The highest BCUT2D eigenvalue weighted by atomic mass is 32.1. The Morgan fingerprint density at radius 1 is 0.903 bits per heavy atom. The Hall–Kier alpha value is -3.51. The highest BCUT2D eigenvalue weighted by molar-refractivity contribution is 7.80. The van der Waals surface area contributed by atoms with E-state index in [-0.39, 0.29) is 11.0 Å². The average molecular weight is 430 g/mol. The van der Waals surface area contributed by atoms with Gasteiger partial charge in [-0.25, -0.2) is 4.98 Å². The van der Waals surface area contributed by atoms with Crippen LogP contribution < -0.4 is 10.6 Å². The fourth-order valence-electron chi connectivity index (χ4n) is 3.48. The first-order valence-electron chi connectivity index (χ1n) is 9.97. The normalized spacial score (nSPS) is 10.8. The van der Waals surface area contributed by atoms with Crippen molar-refractivity contribution < 1.29 is 9.21 Å². The van der Waals surface area contributed by atoms with Gasteiger partial charge in [-0.15, -0.1) is 0 Å². The van der Waals surface area contributed by atoms with Crippen LogP contribution in [0.1, 0.15) is 32.6 Å². The molecule has 6 heteroatoms. The van der Waals surface area contributed by atoms with E-state index >= 15 is 0 Å².